The second-order valence-corrected chi connectivity index (χ2v) is 7.09. The lowest BCUT2D eigenvalue weighted by atomic mass is 10.2. The number of amidine groups is 1. The third-order valence-electron chi connectivity index (χ3n) is 3.72. The predicted molar refractivity (Wildman–Crippen MR) is 76.0 cm³/mol. The van der Waals surface area contributed by atoms with Gasteiger partial charge in [-0.1, -0.05) is 12.8 Å². The van der Waals surface area contributed by atoms with Gasteiger partial charge in [-0.05, 0) is 19.8 Å². The maximum Gasteiger partial charge on any atom is 0.262 e. The van der Waals surface area contributed by atoms with Crippen molar-refractivity contribution in [3.8, 4) is 0 Å². The maximum absolute atomic E-state index is 12.7. The average Bonchev–Trinajstić information content (AvgIpc) is 2.97. The summed E-state index contributed by atoms with van der Waals surface area (Å²) in [5, 5.41) is 7.46. The molecule has 0 atom stereocenters. The summed E-state index contributed by atoms with van der Waals surface area (Å²) in [5.74, 6) is 0.492. The van der Waals surface area contributed by atoms with Crippen LogP contribution in [0, 0.1) is 12.3 Å². The lowest BCUT2D eigenvalue weighted by molar-refractivity contribution is 0.352. The van der Waals surface area contributed by atoms with Crippen LogP contribution >= 0.6 is 0 Å². The molecule has 0 radical (unpaired) electrons. The van der Waals surface area contributed by atoms with Gasteiger partial charge < -0.3 is 10.3 Å². The van der Waals surface area contributed by atoms with E-state index in [-0.39, 0.29) is 23.4 Å². The number of hydrogen-bond acceptors (Lipinski definition) is 4. The van der Waals surface area contributed by atoms with Crippen LogP contribution in [-0.4, -0.2) is 40.7 Å². The van der Waals surface area contributed by atoms with Gasteiger partial charge in [0.05, 0.1) is 6.54 Å². The molecule has 7 nitrogen and oxygen atoms in total. The number of sulfonamides is 1. The highest BCUT2D eigenvalue weighted by molar-refractivity contribution is 7.89. The average molecular weight is 299 g/mol. The Balaban J connectivity index is 2.37. The molecule has 0 unspecified atom stereocenters. The van der Waals surface area contributed by atoms with Gasteiger partial charge in [0.15, 0.2) is 5.03 Å². The number of nitrogens with two attached hydrogens (primary N) is 1. The molecule has 2 rings (SSSR count). The first-order chi connectivity index (χ1) is 9.32. The van der Waals surface area contributed by atoms with E-state index in [1.165, 1.54) is 10.5 Å². The summed E-state index contributed by atoms with van der Waals surface area (Å²) in [6, 6.07) is -0.0776. The highest BCUT2D eigenvalue weighted by atomic mass is 32.2. The monoisotopic (exact) mass is 299 g/mol. The molecule has 1 aromatic heterocycles. The molecule has 1 aliphatic rings. The van der Waals surface area contributed by atoms with Gasteiger partial charge in [0.1, 0.15) is 11.7 Å². The van der Waals surface area contributed by atoms with Gasteiger partial charge in [0.2, 0.25) is 0 Å². The fourth-order valence-corrected chi connectivity index (χ4v) is 4.23. The summed E-state index contributed by atoms with van der Waals surface area (Å²) in [5.41, 5.74) is 5.42. The van der Waals surface area contributed by atoms with E-state index in [4.69, 9.17) is 11.1 Å². The van der Waals surface area contributed by atoms with Crippen molar-refractivity contribution in [2.75, 3.05) is 6.54 Å². The largest absolute Gasteiger partial charge is 0.387 e. The van der Waals surface area contributed by atoms with Crippen molar-refractivity contribution in [3.05, 3.63) is 12.0 Å². The SMILES string of the molecule is Cc1nc(S(=O)(=O)N(CC(=N)N)C2CCCC2)cn1C. The van der Waals surface area contributed by atoms with Crippen molar-refractivity contribution in [1.82, 2.24) is 13.9 Å². The molecule has 1 aromatic rings. The molecule has 1 aliphatic carbocycles. The topological polar surface area (TPSA) is 105 Å². The first-order valence-corrected chi connectivity index (χ1v) is 8.11. The van der Waals surface area contributed by atoms with Crippen LogP contribution in [0.5, 0.6) is 0 Å². The number of nitrogens with zero attached hydrogens (tertiary/aromatic N) is 3. The number of aryl methyl sites for hydroxylation is 2. The number of imidazole rings is 1. The minimum atomic E-state index is -3.70. The molecule has 0 bridgehead atoms. The molecule has 0 amide bonds. The fraction of sp³-hybridized carbons (Fsp3) is 0.667. The molecular weight excluding hydrogens is 278 g/mol. The molecule has 112 valence electrons. The van der Waals surface area contributed by atoms with Crippen molar-refractivity contribution >= 4 is 15.9 Å². The number of rotatable bonds is 5. The first kappa shape index (κ1) is 15.0. The van der Waals surface area contributed by atoms with E-state index in [0.29, 0.717) is 5.82 Å². The van der Waals surface area contributed by atoms with Crippen molar-refractivity contribution in [2.45, 2.75) is 43.7 Å². The molecule has 0 aromatic carbocycles. The minimum Gasteiger partial charge on any atom is -0.387 e. The van der Waals surface area contributed by atoms with Gasteiger partial charge in [0, 0.05) is 19.3 Å². The van der Waals surface area contributed by atoms with E-state index in [1.807, 2.05) is 0 Å². The van der Waals surface area contributed by atoms with Crippen LogP contribution < -0.4 is 5.73 Å². The second kappa shape index (κ2) is 5.53. The fourth-order valence-electron chi connectivity index (χ4n) is 2.54. The zero-order chi connectivity index (χ0) is 14.9. The van der Waals surface area contributed by atoms with E-state index < -0.39 is 10.0 Å². The Morgan fingerprint density at radius 1 is 1.55 bits per heavy atom. The molecule has 8 heteroatoms. The molecule has 0 saturated heterocycles. The van der Waals surface area contributed by atoms with E-state index in [9.17, 15) is 8.42 Å². The summed E-state index contributed by atoms with van der Waals surface area (Å²) < 4.78 is 28.4. The Hall–Kier alpha value is -1.41. The van der Waals surface area contributed by atoms with Crippen molar-refractivity contribution in [1.29, 1.82) is 5.41 Å². The Morgan fingerprint density at radius 3 is 2.60 bits per heavy atom. The lowest BCUT2D eigenvalue weighted by Crippen LogP contribution is -2.44. The van der Waals surface area contributed by atoms with Crippen molar-refractivity contribution < 1.29 is 8.42 Å². The Bertz CT molecular complexity index is 582. The van der Waals surface area contributed by atoms with Crippen molar-refractivity contribution in [2.24, 2.45) is 12.8 Å². The summed E-state index contributed by atoms with van der Waals surface area (Å²) in [7, 11) is -1.94. The van der Waals surface area contributed by atoms with Gasteiger partial charge in [-0.15, -0.1) is 0 Å². The predicted octanol–water partition coefficient (Wildman–Crippen LogP) is 0.598. The molecule has 1 fully saturated rings. The van der Waals surface area contributed by atoms with E-state index in [1.54, 1.807) is 18.5 Å². The standard InChI is InChI=1S/C12H21N5O2S/c1-9-15-12(8-16(9)2)20(18,19)17(7-11(13)14)10-5-3-4-6-10/h8,10H,3-7H2,1-2H3,(H3,13,14). The quantitative estimate of drug-likeness (QED) is 0.613. The normalized spacial score (nSPS) is 16.9. The summed E-state index contributed by atoms with van der Waals surface area (Å²) in [6.45, 7) is 1.69. The lowest BCUT2D eigenvalue weighted by Gasteiger charge is -2.26. The number of aromatic nitrogens is 2. The molecule has 20 heavy (non-hydrogen) atoms. The van der Waals surface area contributed by atoms with Crippen LogP contribution in [-0.2, 0) is 17.1 Å². The van der Waals surface area contributed by atoms with Crippen LogP contribution in [0.15, 0.2) is 11.2 Å². The molecule has 3 N–H and O–H groups in total. The van der Waals surface area contributed by atoms with Gasteiger partial charge in [0.25, 0.3) is 10.0 Å². The molecule has 0 aliphatic heterocycles. The van der Waals surface area contributed by atoms with Crippen LogP contribution in [0.4, 0.5) is 0 Å². The third kappa shape index (κ3) is 2.85. The zero-order valence-electron chi connectivity index (χ0n) is 11.8. The summed E-state index contributed by atoms with van der Waals surface area (Å²) >= 11 is 0. The molecule has 1 heterocycles. The van der Waals surface area contributed by atoms with E-state index in [0.717, 1.165) is 25.7 Å². The summed E-state index contributed by atoms with van der Waals surface area (Å²) in [6.07, 6.45) is 5.16. The number of hydrogen-bond donors (Lipinski definition) is 2. The Labute approximate surface area is 119 Å². The maximum atomic E-state index is 12.7. The van der Waals surface area contributed by atoms with Gasteiger partial charge in [-0.2, -0.15) is 4.31 Å². The van der Waals surface area contributed by atoms with Crippen LogP contribution in [0.1, 0.15) is 31.5 Å². The van der Waals surface area contributed by atoms with Gasteiger partial charge in [-0.3, -0.25) is 5.41 Å². The van der Waals surface area contributed by atoms with Gasteiger partial charge in [-0.25, -0.2) is 13.4 Å². The number of nitrogens with one attached hydrogen (secondary N) is 1. The first-order valence-electron chi connectivity index (χ1n) is 6.67. The van der Waals surface area contributed by atoms with Gasteiger partial charge >= 0.3 is 0 Å². The zero-order valence-corrected chi connectivity index (χ0v) is 12.7. The van der Waals surface area contributed by atoms with Crippen LogP contribution in [0.25, 0.3) is 0 Å². The smallest absolute Gasteiger partial charge is 0.262 e. The summed E-state index contributed by atoms with van der Waals surface area (Å²) in [4.78, 5) is 4.10. The third-order valence-corrected chi connectivity index (χ3v) is 5.49. The highest BCUT2D eigenvalue weighted by Gasteiger charge is 2.35. The van der Waals surface area contributed by atoms with Crippen LogP contribution in [0.2, 0.25) is 0 Å². The second-order valence-electron chi connectivity index (χ2n) is 5.25. The minimum absolute atomic E-state index is 0.0330. The highest BCUT2D eigenvalue weighted by Crippen LogP contribution is 2.28. The van der Waals surface area contributed by atoms with Crippen molar-refractivity contribution in [3.63, 3.8) is 0 Å². The Morgan fingerprint density at radius 2 is 2.15 bits per heavy atom. The van der Waals surface area contributed by atoms with E-state index in [2.05, 4.69) is 4.98 Å². The van der Waals surface area contributed by atoms with E-state index >= 15 is 0 Å². The molecule has 1 saturated carbocycles. The molecule has 0 spiro atoms. The molecular formula is C12H21N5O2S. The van der Waals surface area contributed by atoms with Crippen LogP contribution in [0.3, 0.4) is 0 Å². The Kier molecular flexibility index (Phi) is 4.14.